The molecule has 0 radical (unpaired) electrons. The van der Waals surface area contributed by atoms with Gasteiger partial charge in [0.25, 0.3) is 0 Å². The SMILES string of the molecule is CC1CCC23CC1P(C)C2C3C. The zero-order valence-electron chi connectivity index (χ0n) is 8.38. The molecule has 1 aliphatic heterocycles. The van der Waals surface area contributed by atoms with Gasteiger partial charge in [-0.3, -0.25) is 0 Å². The maximum atomic E-state index is 2.58. The third kappa shape index (κ3) is 0.662. The Bertz CT molecular complexity index is 219. The fourth-order valence-electron chi connectivity index (χ4n) is 4.25. The highest BCUT2D eigenvalue weighted by Crippen LogP contribution is 2.82. The van der Waals surface area contributed by atoms with E-state index in [1.165, 1.54) is 12.1 Å². The Morgan fingerprint density at radius 1 is 1.33 bits per heavy atom. The van der Waals surface area contributed by atoms with Gasteiger partial charge in [-0.2, -0.15) is 0 Å². The first-order chi connectivity index (χ1) is 5.67. The average Bonchev–Trinajstić information content (AvgIpc) is 2.49. The Hall–Kier alpha value is 0.430. The molecule has 1 heteroatoms. The summed E-state index contributed by atoms with van der Waals surface area (Å²) in [5.41, 5.74) is 3.26. The van der Waals surface area contributed by atoms with Crippen molar-refractivity contribution < 1.29 is 0 Å². The van der Waals surface area contributed by atoms with Gasteiger partial charge in [-0.05, 0) is 54.5 Å². The Morgan fingerprint density at radius 3 is 2.83 bits per heavy atom. The molecule has 0 aromatic heterocycles. The van der Waals surface area contributed by atoms with Crippen LogP contribution in [0.3, 0.4) is 0 Å². The van der Waals surface area contributed by atoms with Crippen molar-refractivity contribution >= 4 is 7.92 Å². The van der Waals surface area contributed by atoms with Gasteiger partial charge in [0.05, 0.1) is 0 Å². The van der Waals surface area contributed by atoms with Crippen molar-refractivity contribution in [2.24, 2.45) is 17.3 Å². The molecule has 2 aliphatic carbocycles. The van der Waals surface area contributed by atoms with E-state index in [1.807, 2.05) is 0 Å². The molecule has 0 amide bonds. The topological polar surface area (TPSA) is 0 Å². The number of hydrogen-bond donors (Lipinski definition) is 0. The Kier molecular flexibility index (Phi) is 1.35. The summed E-state index contributed by atoms with van der Waals surface area (Å²) in [6.07, 6.45) is 4.73. The Labute approximate surface area is 76.9 Å². The summed E-state index contributed by atoms with van der Waals surface area (Å²) in [5, 5.41) is 0. The smallest absolute Gasteiger partial charge is 0.0118 e. The lowest BCUT2D eigenvalue weighted by Crippen LogP contribution is -2.24. The van der Waals surface area contributed by atoms with Crippen molar-refractivity contribution in [3.63, 3.8) is 0 Å². The van der Waals surface area contributed by atoms with E-state index in [0.29, 0.717) is 7.92 Å². The summed E-state index contributed by atoms with van der Waals surface area (Å²) in [7, 11) is 0.419. The predicted octanol–water partition coefficient (Wildman–Crippen LogP) is 3.31. The van der Waals surface area contributed by atoms with Gasteiger partial charge in [0.2, 0.25) is 0 Å². The van der Waals surface area contributed by atoms with Crippen LogP contribution in [0.4, 0.5) is 0 Å². The second kappa shape index (κ2) is 2.08. The molecule has 0 N–H and O–H groups in total. The first-order valence-corrected chi connectivity index (χ1v) is 7.31. The van der Waals surface area contributed by atoms with Crippen LogP contribution in [0, 0.1) is 17.3 Å². The molecule has 1 spiro atoms. The van der Waals surface area contributed by atoms with Gasteiger partial charge in [-0.1, -0.05) is 13.8 Å². The zero-order chi connectivity index (χ0) is 8.51. The van der Waals surface area contributed by atoms with Gasteiger partial charge < -0.3 is 0 Å². The van der Waals surface area contributed by atoms with Crippen LogP contribution in [0.25, 0.3) is 0 Å². The molecule has 1 heterocycles. The van der Waals surface area contributed by atoms with E-state index in [-0.39, 0.29) is 0 Å². The second-order valence-corrected chi connectivity index (χ2v) is 7.97. The minimum atomic E-state index is 0.419. The first-order valence-electron chi connectivity index (χ1n) is 5.39. The lowest BCUT2D eigenvalue weighted by Gasteiger charge is -2.33. The molecule has 1 saturated heterocycles. The van der Waals surface area contributed by atoms with Crippen LogP contribution >= 0.6 is 7.92 Å². The third-order valence-electron chi connectivity index (χ3n) is 5.13. The molecule has 68 valence electrons. The molecule has 3 fully saturated rings. The molecular weight excluding hydrogens is 163 g/mol. The van der Waals surface area contributed by atoms with E-state index in [0.717, 1.165) is 22.9 Å². The first kappa shape index (κ1) is 7.80. The number of hydrogen-bond acceptors (Lipinski definition) is 0. The molecule has 12 heavy (non-hydrogen) atoms. The van der Waals surface area contributed by atoms with E-state index in [2.05, 4.69) is 20.5 Å². The molecule has 0 aromatic rings. The minimum absolute atomic E-state index is 0.419. The molecule has 3 rings (SSSR count). The van der Waals surface area contributed by atoms with Crippen LogP contribution in [0.5, 0.6) is 0 Å². The van der Waals surface area contributed by atoms with E-state index in [4.69, 9.17) is 0 Å². The Balaban J connectivity index is 1.94. The highest BCUT2D eigenvalue weighted by molar-refractivity contribution is 7.59. The van der Waals surface area contributed by atoms with E-state index >= 15 is 0 Å². The third-order valence-corrected chi connectivity index (χ3v) is 8.71. The fourth-order valence-corrected chi connectivity index (χ4v) is 8.44. The van der Waals surface area contributed by atoms with E-state index in [9.17, 15) is 0 Å². The van der Waals surface area contributed by atoms with Crippen molar-refractivity contribution in [3.8, 4) is 0 Å². The summed E-state index contributed by atoms with van der Waals surface area (Å²) in [6, 6.07) is 0. The van der Waals surface area contributed by atoms with Gasteiger partial charge in [0.15, 0.2) is 0 Å². The van der Waals surface area contributed by atoms with Gasteiger partial charge in [-0.15, -0.1) is 7.92 Å². The lowest BCUT2D eigenvalue weighted by molar-refractivity contribution is 0.274. The predicted molar refractivity (Wildman–Crippen MR) is 55.0 cm³/mol. The van der Waals surface area contributed by atoms with Gasteiger partial charge in [-0.25, -0.2) is 0 Å². The second-order valence-electron chi connectivity index (χ2n) is 5.42. The molecular formula is C11H19P. The standard InChI is InChI=1S/C11H19P/c1-7-4-5-11-6-9(7)12(3)10(11)8(11)2/h7-10H,4-6H2,1-3H3. The highest BCUT2D eigenvalue weighted by Gasteiger charge is 2.71. The monoisotopic (exact) mass is 182 g/mol. The van der Waals surface area contributed by atoms with Crippen molar-refractivity contribution in [2.45, 2.75) is 44.4 Å². The van der Waals surface area contributed by atoms with E-state index < -0.39 is 0 Å². The van der Waals surface area contributed by atoms with Gasteiger partial charge in [0, 0.05) is 0 Å². The Morgan fingerprint density at radius 2 is 2.08 bits per heavy atom. The molecule has 2 saturated carbocycles. The quantitative estimate of drug-likeness (QED) is 0.504. The van der Waals surface area contributed by atoms with Crippen LogP contribution in [0.2, 0.25) is 0 Å². The number of fused-ring (bicyclic) bond motifs is 1. The summed E-state index contributed by atoms with van der Waals surface area (Å²) in [6.45, 7) is 7.58. The van der Waals surface area contributed by atoms with Gasteiger partial charge >= 0.3 is 0 Å². The maximum Gasteiger partial charge on any atom is -0.0118 e. The molecule has 2 bridgehead atoms. The van der Waals surface area contributed by atoms with Crippen LogP contribution < -0.4 is 0 Å². The normalized spacial score (nSPS) is 67.8. The fraction of sp³-hybridized carbons (Fsp3) is 1.00. The molecule has 3 aliphatic rings. The molecule has 0 nitrogen and oxygen atoms in total. The molecule has 0 aromatic carbocycles. The highest BCUT2D eigenvalue weighted by atomic mass is 31.1. The molecule has 6 atom stereocenters. The van der Waals surface area contributed by atoms with Crippen LogP contribution in [-0.4, -0.2) is 18.0 Å². The summed E-state index contributed by atoms with van der Waals surface area (Å²) < 4.78 is 0. The van der Waals surface area contributed by atoms with Crippen LogP contribution in [0.15, 0.2) is 0 Å². The maximum absolute atomic E-state index is 2.58. The average molecular weight is 182 g/mol. The van der Waals surface area contributed by atoms with Crippen molar-refractivity contribution in [2.75, 3.05) is 6.66 Å². The summed E-state index contributed by atoms with van der Waals surface area (Å²) in [5.74, 6) is 2.17. The van der Waals surface area contributed by atoms with Crippen molar-refractivity contribution in [1.29, 1.82) is 0 Å². The minimum Gasteiger partial charge on any atom is -0.102 e. The van der Waals surface area contributed by atoms with Crippen molar-refractivity contribution in [1.82, 2.24) is 0 Å². The lowest BCUT2D eigenvalue weighted by atomic mass is 9.79. The summed E-state index contributed by atoms with van der Waals surface area (Å²) >= 11 is 0. The zero-order valence-corrected chi connectivity index (χ0v) is 9.27. The largest absolute Gasteiger partial charge is 0.102 e. The van der Waals surface area contributed by atoms with Crippen LogP contribution in [0.1, 0.15) is 33.1 Å². The van der Waals surface area contributed by atoms with E-state index in [1.54, 1.807) is 12.8 Å². The number of rotatable bonds is 0. The van der Waals surface area contributed by atoms with Crippen molar-refractivity contribution in [3.05, 3.63) is 0 Å². The summed E-state index contributed by atoms with van der Waals surface area (Å²) in [4.78, 5) is 0. The van der Waals surface area contributed by atoms with Gasteiger partial charge in [0.1, 0.15) is 0 Å². The molecule has 6 unspecified atom stereocenters. The van der Waals surface area contributed by atoms with Crippen LogP contribution in [-0.2, 0) is 0 Å².